The maximum absolute atomic E-state index is 13.1. The minimum Gasteiger partial charge on any atom is -0.372 e. The van der Waals surface area contributed by atoms with E-state index in [1.54, 1.807) is 0 Å². The van der Waals surface area contributed by atoms with E-state index >= 15 is 0 Å². The van der Waals surface area contributed by atoms with Crippen LogP contribution in [0.15, 0.2) is 71.9 Å². The van der Waals surface area contributed by atoms with Gasteiger partial charge in [0.15, 0.2) is 5.78 Å². The van der Waals surface area contributed by atoms with Crippen LogP contribution >= 0.6 is 0 Å². The largest absolute Gasteiger partial charge is 0.372 e. The quantitative estimate of drug-likeness (QED) is 0.566. The fourth-order valence-corrected chi connectivity index (χ4v) is 5.15. The molecule has 5 rings (SSSR count). The van der Waals surface area contributed by atoms with Crippen LogP contribution in [-0.4, -0.2) is 18.9 Å². The molecule has 0 radical (unpaired) electrons. The molecular formula is C27H28N2O. The van der Waals surface area contributed by atoms with Crippen molar-refractivity contribution >= 4 is 27.9 Å². The van der Waals surface area contributed by atoms with Gasteiger partial charge in [-0.2, -0.15) is 0 Å². The van der Waals surface area contributed by atoms with Crippen molar-refractivity contribution in [2.45, 2.75) is 39.0 Å². The number of allylic oxidation sites excluding steroid dienone is 2. The predicted octanol–water partition coefficient (Wildman–Crippen LogP) is 6.25. The second-order valence-corrected chi connectivity index (χ2v) is 8.24. The second kappa shape index (κ2) is 7.64. The molecule has 3 aromatic carbocycles. The van der Waals surface area contributed by atoms with Gasteiger partial charge in [-0.25, -0.2) is 0 Å². The summed E-state index contributed by atoms with van der Waals surface area (Å²) in [5.41, 5.74) is 6.90. The number of ketones is 1. The summed E-state index contributed by atoms with van der Waals surface area (Å²) in [4.78, 5) is 15.5. The Bertz CT molecular complexity index is 1140. The SMILES string of the molecule is CCN(CC)c1ccc([C@@H]2C3=C(CCCC3=O)Nc3ccc4ccccc4c32)cc1. The van der Waals surface area contributed by atoms with Crippen LogP contribution in [0.25, 0.3) is 10.8 Å². The molecule has 0 unspecified atom stereocenters. The van der Waals surface area contributed by atoms with Gasteiger partial charge in [0.05, 0.1) is 0 Å². The zero-order chi connectivity index (χ0) is 20.7. The third kappa shape index (κ3) is 3.00. The first-order valence-electron chi connectivity index (χ1n) is 11.1. The van der Waals surface area contributed by atoms with Crippen molar-refractivity contribution < 1.29 is 4.79 Å². The zero-order valence-electron chi connectivity index (χ0n) is 17.7. The number of hydrogen-bond acceptors (Lipinski definition) is 3. The van der Waals surface area contributed by atoms with Gasteiger partial charge in [0.2, 0.25) is 0 Å². The molecule has 0 saturated carbocycles. The zero-order valence-corrected chi connectivity index (χ0v) is 17.7. The number of Topliss-reactive ketones (excluding diaryl/α,β-unsaturated/α-hetero) is 1. The van der Waals surface area contributed by atoms with Crippen molar-refractivity contribution in [3.63, 3.8) is 0 Å². The number of nitrogens with zero attached hydrogens (tertiary/aromatic N) is 1. The van der Waals surface area contributed by atoms with Gasteiger partial charge in [0.1, 0.15) is 0 Å². The summed E-state index contributed by atoms with van der Waals surface area (Å²) in [5.74, 6) is 0.279. The van der Waals surface area contributed by atoms with Crippen molar-refractivity contribution in [1.29, 1.82) is 0 Å². The van der Waals surface area contributed by atoms with Gasteiger partial charge < -0.3 is 10.2 Å². The lowest BCUT2D eigenvalue weighted by Gasteiger charge is -2.35. The number of benzene rings is 3. The highest BCUT2D eigenvalue weighted by molar-refractivity contribution is 6.04. The molecule has 152 valence electrons. The molecule has 0 bridgehead atoms. The maximum atomic E-state index is 13.1. The Morgan fingerprint density at radius 2 is 1.70 bits per heavy atom. The lowest BCUT2D eigenvalue weighted by molar-refractivity contribution is -0.116. The van der Waals surface area contributed by atoms with E-state index in [2.05, 4.69) is 84.7 Å². The number of fused-ring (bicyclic) bond motifs is 3. The number of hydrogen-bond donors (Lipinski definition) is 1. The van der Waals surface area contributed by atoms with Crippen molar-refractivity contribution in [2.24, 2.45) is 0 Å². The van der Waals surface area contributed by atoms with E-state index in [4.69, 9.17) is 0 Å². The minimum absolute atomic E-state index is 0.0131. The van der Waals surface area contributed by atoms with Crippen molar-refractivity contribution in [3.8, 4) is 0 Å². The smallest absolute Gasteiger partial charge is 0.161 e. The predicted molar refractivity (Wildman–Crippen MR) is 125 cm³/mol. The Kier molecular flexibility index (Phi) is 4.82. The third-order valence-electron chi connectivity index (χ3n) is 6.64. The molecule has 3 heteroatoms. The van der Waals surface area contributed by atoms with E-state index in [0.29, 0.717) is 12.2 Å². The average Bonchev–Trinajstić information content (AvgIpc) is 2.79. The summed E-state index contributed by atoms with van der Waals surface area (Å²) in [7, 11) is 0. The van der Waals surface area contributed by atoms with Gasteiger partial charge in [-0.1, -0.05) is 42.5 Å². The van der Waals surface area contributed by atoms with Crippen LogP contribution < -0.4 is 10.2 Å². The summed E-state index contributed by atoms with van der Waals surface area (Å²) in [5, 5.41) is 6.06. The lowest BCUT2D eigenvalue weighted by atomic mass is 9.74. The van der Waals surface area contributed by atoms with E-state index in [9.17, 15) is 4.79 Å². The normalized spacial score (nSPS) is 18.1. The highest BCUT2D eigenvalue weighted by Crippen LogP contribution is 2.48. The van der Waals surface area contributed by atoms with Crippen LogP contribution in [0, 0.1) is 0 Å². The monoisotopic (exact) mass is 396 g/mol. The molecule has 0 saturated heterocycles. The summed E-state index contributed by atoms with van der Waals surface area (Å²) in [6.07, 6.45) is 2.53. The first kappa shape index (κ1) is 18.9. The van der Waals surface area contributed by atoms with Gasteiger partial charge >= 0.3 is 0 Å². The Labute approximate surface area is 178 Å². The fraction of sp³-hybridized carbons (Fsp3) is 0.296. The molecule has 0 fully saturated rings. The highest BCUT2D eigenvalue weighted by Gasteiger charge is 2.36. The molecule has 30 heavy (non-hydrogen) atoms. The Balaban J connectivity index is 1.71. The van der Waals surface area contributed by atoms with E-state index < -0.39 is 0 Å². The standard InChI is InChI=1S/C27H28N2O/c1-3-29(4-2)20-15-12-19(13-16-20)25-26-21-9-6-5-8-18(21)14-17-23(26)28-22-10-7-11-24(30)27(22)25/h5-6,8-9,12-17,25,28H,3-4,7,10-11H2,1-2H3/t25-/m0/s1. The summed E-state index contributed by atoms with van der Waals surface area (Å²) < 4.78 is 0. The number of anilines is 2. The lowest BCUT2D eigenvalue weighted by Crippen LogP contribution is -2.27. The minimum atomic E-state index is -0.0131. The van der Waals surface area contributed by atoms with Gasteiger partial charge in [0.25, 0.3) is 0 Å². The molecule has 0 aromatic heterocycles. The number of carbonyl (C=O) groups is 1. The average molecular weight is 397 g/mol. The van der Waals surface area contributed by atoms with Crippen LogP contribution in [0.1, 0.15) is 50.2 Å². The maximum Gasteiger partial charge on any atom is 0.161 e. The molecule has 1 heterocycles. The van der Waals surface area contributed by atoms with Gasteiger partial charge in [-0.3, -0.25) is 4.79 Å². The molecule has 0 amide bonds. The molecule has 0 spiro atoms. The van der Waals surface area contributed by atoms with E-state index in [1.165, 1.54) is 27.6 Å². The van der Waals surface area contributed by atoms with Crippen LogP contribution in [0.2, 0.25) is 0 Å². The van der Waals surface area contributed by atoms with E-state index in [0.717, 1.165) is 42.9 Å². The number of rotatable bonds is 4. The van der Waals surface area contributed by atoms with E-state index in [-0.39, 0.29) is 5.92 Å². The van der Waals surface area contributed by atoms with Crippen molar-refractivity contribution in [2.75, 3.05) is 23.3 Å². The van der Waals surface area contributed by atoms with Crippen LogP contribution in [-0.2, 0) is 4.79 Å². The Morgan fingerprint density at radius 1 is 0.933 bits per heavy atom. The van der Waals surface area contributed by atoms with Crippen molar-refractivity contribution in [1.82, 2.24) is 0 Å². The molecule has 2 aliphatic rings. The summed E-state index contributed by atoms with van der Waals surface area (Å²) in [6.45, 7) is 6.35. The molecule has 3 nitrogen and oxygen atoms in total. The Morgan fingerprint density at radius 3 is 2.47 bits per heavy atom. The van der Waals surface area contributed by atoms with Crippen LogP contribution in [0.3, 0.4) is 0 Å². The molecule has 1 aliphatic carbocycles. The van der Waals surface area contributed by atoms with Crippen LogP contribution in [0.4, 0.5) is 11.4 Å². The van der Waals surface area contributed by atoms with Crippen molar-refractivity contribution in [3.05, 3.63) is 83.1 Å². The topological polar surface area (TPSA) is 32.3 Å². The Hall–Kier alpha value is -3.07. The molecule has 1 atom stereocenters. The fourth-order valence-electron chi connectivity index (χ4n) is 5.15. The first-order valence-corrected chi connectivity index (χ1v) is 11.1. The number of carbonyl (C=O) groups excluding carboxylic acids is 1. The molecule has 1 aliphatic heterocycles. The van der Waals surface area contributed by atoms with Gasteiger partial charge in [-0.15, -0.1) is 0 Å². The molecule has 3 aromatic rings. The van der Waals surface area contributed by atoms with Crippen LogP contribution in [0.5, 0.6) is 0 Å². The molecular weight excluding hydrogens is 368 g/mol. The van der Waals surface area contributed by atoms with Gasteiger partial charge in [0, 0.05) is 48.1 Å². The van der Waals surface area contributed by atoms with E-state index in [1.807, 2.05) is 0 Å². The second-order valence-electron chi connectivity index (χ2n) is 8.24. The first-order chi connectivity index (χ1) is 14.7. The third-order valence-corrected chi connectivity index (χ3v) is 6.64. The van der Waals surface area contributed by atoms with Gasteiger partial charge in [-0.05, 0) is 66.8 Å². The summed E-state index contributed by atoms with van der Waals surface area (Å²) in [6, 6.07) is 21.7. The number of nitrogens with one attached hydrogen (secondary N) is 1. The highest BCUT2D eigenvalue weighted by atomic mass is 16.1. The summed E-state index contributed by atoms with van der Waals surface area (Å²) >= 11 is 0. The molecule has 1 N–H and O–H groups in total.